The zero-order valence-corrected chi connectivity index (χ0v) is 43.8. The van der Waals surface area contributed by atoms with E-state index in [9.17, 15) is 70.6 Å². The molecule has 15 atom stereocenters. The number of carbonyl (C=O) groups excluding carboxylic acids is 2. The number of carbonyl (C=O) groups is 3. The van der Waals surface area contributed by atoms with Gasteiger partial charge in [-0.15, -0.1) is 0 Å². The molecule has 424 valence electrons. The van der Waals surface area contributed by atoms with E-state index in [0.717, 1.165) is 57.3 Å². The second-order valence-corrected chi connectivity index (χ2v) is 20.6. The lowest BCUT2D eigenvalue weighted by molar-refractivity contribution is -0.339. The highest BCUT2D eigenvalue weighted by molar-refractivity contribution is 5.78. The van der Waals surface area contributed by atoms with E-state index in [-0.39, 0.29) is 12.8 Å². The number of unbranched alkanes of at least 4 members (excludes halogenated alkanes) is 20. The van der Waals surface area contributed by atoms with Gasteiger partial charge in [-0.25, -0.2) is 4.79 Å². The van der Waals surface area contributed by atoms with E-state index < -0.39 is 136 Å². The summed E-state index contributed by atoms with van der Waals surface area (Å²) in [4.78, 5) is 38.1. The average Bonchev–Trinajstić information content (AvgIpc) is 3.37. The van der Waals surface area contributed by atoms with Crippen LogP contribution >= 0.6 is 0 Å². The Morgan fingerprint density at radius 2 is 1.21 bits per heavy atom. The molecule has 13 N–H and O–H groups in total. The van der Waals surface area contributed by atoms with Crippen molar-refractivity contribution in [3.8, 4) is 0 Å². The Bertz CT molecular complexity index is 1440. The maximum atomic E-state index is 13.3. The van der Waals surface area contributed by atoms with E-state index >= 15 is 0 Å². The van der Waals surface area contributed by atoms with Gasteiger partial charge < -0.3 is 85.8 Å². The normalized spacial score (nSPS) is 27.1. The molecule has 2 aliphatic rings. The fourth-order valence-corrected chi connectivity index (χ4v) is 9.42. The van der Waals surface area contributed by atoms with Crippen molar-refractivity contribution in [1.82, 2.24) is 10.6 Å². The highest BCUT2D eigenvalue weighted by Gasteiger charge is 2.57. The van der Waals surface area contributed by atoms with E-state index in [1.807, 2.05) is 0 Å². The van der Waals surface area contributed by atoms with Gasteiger partial charge in [0.25, 0.3) is 5.79 Å². The maximum Gasteiger partial charge on any atom is 0.364 e. The Balaban J connectivity index is 2.07. The summed E-state index contributed by atoms with van der Waals surface area (Å²) in [5.41, 5.74) is 0. The van der Waals surface area contributed by atoms with Gasteiger partial charge >= 0.3 is 5.97 Å². The molecule has 2 heterocycles. The lowest BCUT2D eigenvalue weighted by atomic mass is 9.88. The summed E-state index contributed by atoms with van der Waals surface area (Å²) in [6, 6.07) is -2.83. The van der Waals surface area contributed by atoms with Gasteiger partial charge in [0.15, 0.2) is 6.29 Å². The van der Waals surface area contributed by atoms with Crippen LogP contribution in [-0.2, 0) is 33.3 Å². The van der Waals surface area contributed by atoms with Crippen LogP contribution in [0.4, 0.5) is 0 Å². The number of aliphatic hydroxyl groups excluding tert-OH is 10. The fraction of sp³-hybridized carbons (Fsp3) is 0.942. The summed E-state index contributed by atoms with van der Waals surface area (Å²) in [6.07, 6.45) is 6.45. The zero-order valence-electron chi connectivity index (χ0n) is 43.8. The van der Waals surface area contributed by atoms with E-state index in [2.05, 4.69) is 31.4 Å². The molecule has 0 saturated carbocycles. The largest absolute Gasteiger partial charge is 0.477 e. The van der Waals surface area contributed by atoms with Gasteiger partial charge in [-0.2, -0.15) is 0 Å². The molecule has 2 rings (SSSR count). The molecule has 2 aliphatic heterocycles. The predicted octanol–water partition coefficient (Wildman–Crippen LogP) is 2.97. The Kier molecular flexibility index (Phi) is 34.4. The first-order chi connectivity index (χ1) is 34.5. The van der Waals surface area contributed by atoms with Gasteiger partial charge in [0.05, 0.1) is 44.1 Å². The smallest absolute Gasteiger partial charge is 0.364 e. The molecule has 0 aromatic rings. The van der Waals surface area contributed by atoms with E-state index in [4.69, 9.17) is 18.9 Å². The summed E-state index contributed by atoms with van der Waals surface area (Å²) >= 11 is 0. The van der Waals surface area contributed by atoms with Gasteiger partial charge in [-0.3, -0.25) is 9.59 Å². The van der Waals surface area contributed by atoms with Crippen LogP contribution in [0.25, 0.3) is 0 Å². The summed E-state index contributed by atoms with van der Waals surface area (Å²) < 4.78 is 22.8. The molecule has 1 unspecified atom stereocenters. The van der Waals surface area contributed by atoms with Gasteiger partial charge in [0.2, 0.25) is 11.8 Å². The minimum atomic E-state index is -2.86. The lowest BCUT2D eigenvalue weighted by Crippen LogP contribution is -2.68. The highest BCUT2D eigenvalue weighted by atomic mass is 16.7. The summed E-state index contributed by atoms with van der Waals surface area (Å²) in [5, 5.41) is 121. The number of hydrogen-bond donors (Lipinski definition) is 13. The van der Waals surface area contributed by atoms with Crippen molar-refractivity contribution < 1.29 is 89.5 Å². The first-order valence-electron chi connectivity index (χ1n) is 27.5. The minimum absolute atomic E-state index is 0.148. The van der Waals surface area contributed by atoms with Gasteiger partial charge in [-0.05, 0) is 18.8 Å². The van der Waals surface area contributed by atoms with Crippen molar-refractivity contribution in [3.05, 3.63) is 0 Å². The first-order valence-corrected chi connectivity index (χ1v) is 27.5. The van der Waals surface area contributed by atoms with Crippen LogP contribution in [0.1, 0.15) is 194 Å². The third kappa shape index (κ3) is 24.2. The molecule has 2 saturated heterocycles. The van der Waals surface area contributed by atoms with Crippen molar-refractivity contribution in [1.29, 1.82) is 0 Å². The number of aliphatic carboxylic acids is 1. The number of rotatable bonds is 42. The van der Waals surface area contributed by atoms with Crippen molar-refractivity contribution in [2.75, 3.05) is 26.4 Å². The number of aliphatic hydroxyl groups is 10. The van der Waals surface area contributed by atoms with Gasteiger partial charge in [0.1, 0.15) is 55.4 Å². The third-order valence-electron chi connectivity index (χ3n) is 14.4. The van der Waals surface area contributed by atoms with Crippen LogP contribution < -0.4 is 10.6 Å². The Hall–Kier alpha value is -2.15. The lowest BCUT2D eigenvalue weighted by Gasteiger charge is -2.47. The van der Waals surface area contributed by atoms with Crippen LogP contribution in [0.2, 0.25) is 0 Å². The second-order valence-electron chi connectivity index (χ2n) is 20.6. The SMILES string of the molecule is CCCCCCCCCCCCCCCCCC(=O)N[C@@H](CO[C@@H]1O[C@H](CO[C@]2(C(=O)O)C[C@H](O)[C@@H](NC(=O)CO)[C@H]([C@H](O)[C@H](O)CO)O2)[C@@H](O)[C@H](O)[C@H]1O)[C@H](O)[C@H](O)CCCCCCCCCC(C)CC. The molecule has 0 aromatic heterocycles. The average molecular weight is 1040 g/mol. The Morgan fingerprint density at radius 1 is 0.681 bits per heavy atom. The molecule has 20 heteroatoms. The molecule has 0 spiro atoms. The minimum Gasteiger partial charge on any atom is -0.477 e. The molecular formula is C52H98N2O18. The molecule has 20 nitrogen and oxygen atoms in total. The van der Waals surface area contributed by atoms with Gasteiger partial charge in [0, 0.05) is 12.8 Å². The number of nitrogens with one attached hydrogen (secondary N) is 2. The number of ether oxygens (including phenoxy) is 4. The van der Waals surface area contributed by atoms with Crippen LogP contribution in [0, 0.1) is 5.92 Å². The predicted molar refractivity (Wildman–Crippen MR) is 267 cm³/mol. The third-order valence-corrected chi connectivity index (χ3v) is 14.4. The monoisotopic (exact) mass is 1040 g/mol. The van der Waals surface area contributed by atoms with E-state index in [1.165, 1.54) is 89.9 Å². The van der Waals surface area contributed by atoms with Crippen LogP contribution in [0.3, 0.4) is 0 Å². The molecule has 0 bridgehead atoms. The number of amides is 2. The Morgan fingerprint density at radius 3 is 1.72 bits per heavy atom. The molecule has 0 aliphatic carbocycles. The topological polar surface area (TPSA) is 335 Å². The zero-order chi connectivity index (χ0) is 53.5. The van der Waals surface area contributed by atoms with Crippen molar-refractivity contribution in [2.45, 2.75) is 279 Å². The molecule has 2 amide bonds. The quantitative estimate of drug-likeness (QED) is 0.0391. The second kappa shape index (κ2) is 37.6. The maximum absolute atomic E-state index is 13.3. The summed E-state index contributed by atoms with van der Waals surface area (Å²) in [6.45, 7) is 3.13. The molecular weight excluding hydrogens is 941 g/mol. The fourth-order valence-electron chi connectivity index (χ4n) is 9.42. The van der Waals surface area contributed by atoms with Crippen LogP contribution in [-0.4, -0.2) is 186 Å². The molecule has 72 heavy (non-hydrogen) atoms. The van der Waals surface area contributed by atoms with E-state index in [1.54, 1.807) is 0 Å². The van der Waals surface area contributed by atoms with Crippen LogP contribution in [0.15, 0.2) is 0 Å². The van der Waals surface area contributed by atoms with Crippen molar-refractivity contribution in [2.24, 2.45) is 5.92 Å². The molecule has 2 fully saturated rings. The molecule has 0 radical (unpaired) electrons. The first kappa shape index (κ1) is 66.0. The summed E-state index contributed by atoms with van der Waals surface area (Å²) in [5.74, 6) is -5.45. The number of carboxylic acids is 1. The highest BCUT2D eigenvalue weighted by Crippen LogP contribution is 2.35. The Labute approximate surface area is 428 Å². The standard InChI is InChI=1S/C52H98N2O18/c1-4-6-7-8-9-10-11-12-13-14-15-16-20-23-26-29-41(60)53-36(44(62)37(57)28-25-22-19-17-18-21-24-27-35(3)5-2)33-69-50-48(66)47(65)46(64)40(71-50)34-70-52(51(67)68)30-38(58)43(54-42(61)32-56)49(72-52)45(63)39(59)31-55/h35-40,43-50,55-59,62-66H,4-34H2,1-3H3,(H,53,60)(H,54,61)(H,67,68)/t35?,36-,37+,38-,39+,40+,43+,44-,45+,46+,47-,48+,49+,50+,52+/m0/s1. The van der Waals surface area contributed by atoms with Gasteiger partial charge in [-0.1, -0.05) is 168 Å². The van der Waals surface area contributed by atoms with Crippen molar-refractivity contribution in [3.63, 3.8) is 0 Å². The van der Waals surface area contributed by atoms with Crippen molar-refractivity contribution >= 4 is 17.8 Å². The number of hydrogen-bond acceptors (Lipinski definition) is 17. The molecule has 0 aromatic carbocycles. The summed E-state index contributed by atoms with van der Waals surface area (Å²) in [7, 11) is 0. The number of carboxylic acid groups (broad SMARTS) is 1. The van der Waals surface area contributed by atoms with E-state index in [0.29, 0.717) is 12.8 Å². The van der Waals surface area contributed by atoms with Crippen LogP contribution in [0.5, 0.6) is 0 Å².